The molecule has 1 N–H and O–H groups in total. The van der Waals surface area contributed by atoms with Crippen LogP contribution in [0.25, 0.3) is 11.0 Å². The first-order chi connectivity index (χ1) is 16.4. The first kappa shape index (κ1) is 21.7. The lowest BCUT2D eigenvalue weighted by molar-refractivity contribution is -0.117. The molecule has 1 amide bonds. The summed E-state index contributed by atoms with van der Waals surface area (Å²) in [6, 6.07) is 22.0. The Labute approximate surface area is 203 Å². The zero-order valence-corrected chi connectivity index (χ0v) is 19.5. The Kier molecular flexibility index (Phi) is 5.31. The molecule has 3 aromatic carbocycles. The third-order valence-electron chi connectivity index (χ3n) is 5.91. The van der Waals surface area contributed by atoms with Crippen LogP contribution in [-0.4, -0.2) is 16.8 Å². The summed E-state index contributed by atoms with van der Waals surface area (Å²) in [5.41, 5.74) is 2.91. The Morgan fingerprint density at radius 1 is 1.09 bits per heavy atom. The van der Waals surface area contributed by atoms with Crippen LogP contribution in [0.4, 0.5) is 5.69 Å². The van der Waals surface area contributed by atoms with Gasteiger partial charge in [0.15, 0.2) is 11.5 Å². The average molecular weight is 513 g/mol. The first-order valence-electron chi connectivity index (χ1n) is 10.4. The maximum absolute atomic E-state index is 13.7. The number of benzene rings is 3. The molecule has 6 nitrogen and oxygen atoms in total. The molecule has 1 aromatic heterocycles. The van der Waals surface area contributed by atoms with E-state index in [1.165, 1.54) is 4.90 Å². The number of fused-ring (bicyclic) bond motifs is 1. The maximum atomic E-state index is 13.7. The van der Waals surface area contributed by atoms with Crippen LogP contribution in [0.3, 0.4) is 0 Å². The number of nitriles is 1. The van der Waals surface area contributed by atoms with Crippen LogP contribution in [0.1, 0.15) is 33.3 Å². The highest BCUT2D eigenvalue weighted by atomic mass is 79.9. The lowest BCUT2D eigenvalue weighted by Gasteiger charge is -2.28. The minimum Gasteiger partial charge on any atom is -0.503 e. The summed E-state index contributed by atoms with van der Waals surface area (Å²) in [6.07, 6.45) is 0. The number of aliphatic hydroxyl groups excluding tert-OH is 1. The maximum Gasteiger partial charge on any atom is 0.294 e. The van der Waals surface area contributed by atoms with E-state index >= 15 is 0 Å². The number of anilines is 1. The van der Waals surface area contributed by atoms with Gasteiger partial charge >= 0.3 is 0 Å². The van der Waals surface area contributed by atoms with E-state index in [-0.39, 0.29) is 11.3 Å². The zero-order chi connectivity index (χ0) is 24.0. The number of aliphatic hydroxyl groups is 1. The molecule has 0 spiro atoms. The van der Waals surface area contributed by atoms with E-state index in [1.807, 2.05) is 43.3 Å². The van der Waals surface area contributed by atoms with Crippen molar-refractivity contribution in [3.05, 3.63) is 111 Å². The number of rotatable bonds is 4. The monoisotopic (exact) mass is 512 g/mol. The van der Waals surface area contributed by atoms with E-state index < -0.39 is 23.5 Å². The van der Waals surface area contributed by atoms with Gasteiger partial charge in [0.25, 0.3) is 5.91 Å². The van der Waals surface area contributed by atoms with Crippen molar-refractivity contribution in [3.63, 3.8) is 0 Å². The van der Waals surface area contributed by atoms with E-state index in [1.54, 1.807) is 42.5 Å². The van der Waals surface area contributed by atoms with Gasteiger partial charge in [-0.25, -0.2) is 0 Å². The molecule has 7 heteroatoms. The molecule has 0 bridgehead atoms. The molecule has 0 saturated carbocycles. The fourth-order valence-corrected chi connectivity index (χ4v) is 4.63. The zero-order valence-electron chi connectivity index (χ0n) is 17.9. The van der Waals surface area contributed by atoms with Crippen LogP contribution in [0.5, 0.6) is 0 Å². The molecule has 0 fully saturated rings. The number of carbonyl (C=O) groups is 2. The Morgan fingerprint density at radius 3 is 2.53 bits per heavy atom. The van der Waals surface area contributed by atoms with Gasteiger partial charge in [-0.1, -0.05) is 40.2 Å². The van der Waals surface area contributed by atoms with E-state index in [0.717, 1.165) is 15.4 Å². The number of aryl methyl sites for hydroxylation is 1. The van der Waals surface area contributed by atoms with Gasteiger partial charge in [0.2, 0.25) is 5.78 Å². The molecule has 2 heterocycles. The second kappa shape index (κ2) is 8.32. The van der Waals surface area contributed by atoms with Crippen molar-refractivity contribution in [2.45, 2.75) is 13.0 Å². The lowest BCUT2D eigenvalue weighted by Crippen LogP contribution is -2.31. The second-order valence-corrected chi connectivity index (χ2v) is 8.89. The molecular formula is C27H17BrN2O4. The summed E-state index contributed by atoms with van der Waals surface area (Å²) >= 11 is 3.41. The molecule has 1 atom stereocenters. The minimum atomic E-state index is -0.867. The summed E-state index contributed by atoms with van der Waals surface area (Å²) in [7, 11) is 0. The molecule has 1 unspecified atom stereocenters. The van der Waals surface area contributed by atoms with Gasteiger partial charge in [0.05, 0.1) is 23.2 Å². The molecule has 0 aliphatic carbocycles. The summed E-state index contributed by atoms with van der Waals surface area (Å²) in [5, 5.41) is 20.8. The van der Waals surface area contributed by atoms with Gasteiger partial charge in [0.1, 0.15) is 5.58 Å². The van der Waals surface area contributed by atoms with E-state index in [4.69, 9.17) is 9.68 Å². The largest absolute Gasteiger partial charge is 0.503 e. The number of halogens is 1. The molecule has 5 rings (SSSR count). The van der Waals surface area contributed by atoms with Crippen LogP contribution in [-0.2, 0) is 4.79 Å². The molecule has 1 aliphatic heterocycles. The van der Waals surface area contributed by atoms with Crippen LogP contribution >= 0.6 is 15.9 Å². The van der Waals surface area contributed by atoms with Gasteiger partial charge in [-0.05, 0) is 66.6 Å². The highest BCUT2D eigenvalue weighted by Crippen LogP contribution is 2.43. The predicted octanol–water partition coefficient (Wildman–Crippen LogP) is 6.16. The van der Waals surface area contributed by atoms with E-state index in [0.29, 0.717) is 22.4 Å². The van der Waals surface area contributed by atoms with Gasteiger partial charge in [-0.2, -0.15) is 5.26 Å². The molecule has 0 saturated heterocycles. The fourth-order valence-electron chi connectivity index (χ4n) is 4.25. The third kappa shape index (κ3) is 3.49. The number of nitrogens with zero attached hydrogens (tertiary/aromatic N) is 2. The van der Waals surface area contributed by atoms with Crippen molar-refractivity contribution in [3.8, 4) is 6.07 Å². The topological polar surface area (TPSA) is 94.5 Å². The normalized spacial score (nSPS) is 15.7. The van der Waals surface area contributed by atoms with Gasteiger partial charge in [0, 0.05) is 15.5 Å². The Bertz CT molecular complexity index is 1540. The first-order valence-corrected chi connectivity index (χ1v) is 11.2. The van der Waals surface area contributed by atoms with E-state index in [9.17, 15) is 14.7 Å². The van der Waals surface area contributed by atoms with Crippen LogP contribution in [0.15, 0.2) is 93.0 Å². The Hall–Kier alpha value is -4.15. The highest BCUT2D eigenvalue weighted by molar-refractivity contribution is 9.10. The van der Waals surface area contributed by atoms with Crippen molar-refractivity contribution in [2.24, 2.45) is 0 Å². The fraction of sp³-hybridized carbons (Fsp3) is 0.0741. The summed E-state index contributed by atoms with van der Waals surface area (Å²) < 4.78 is 6.62. The van der Waals surface area contributed by atoms with Crippen molar-refractivity contribution in [1.82, 2.24) is 0 Å². The minimum absolute atomic E-state index is 0.0303. The number of carbonyl (C=O) groups excluding carboxylic acids is 2. The third-order valence-corrected chi connectivity index (χ3v) is 6.41. The number of Topliss-reactive ketones (excluding diaryl/α,β-unsaturated/α-hetero) is 1. The standard InChI is InChI=1S/C27H17BrN2O4/c1-15-4-2-3-5-20(15)24-23(25(31)22-13-17-12-18(28)8-11-21(17)34-22)26(32)27(33)30(24)19-9-6-16(14-29)7-10-19/h2-13,24,32H,1H3. The van der Waals surface area contributed by atoms with Crippen LogP contribution in [0, 0.1) is 18.3 Å². The average Bonchev–Trinajstić information content (AvgIpc) is 3.37. The molecule has 166 valence electrons. The van der Waals surface area contributed by atoms with Crippen molar-refractivity contribution >= 4 is 44.3 Å². The Morgan fingerprint density at radius 2 is 1.82 bits per heavy atom. The van der Waals surface area contributed by atoms with Crippen LogP contribution < -0.4 is 4.90 Å². The van der Waals surface area contributed by atoms with Crippen molar-refractivity contribution in [2.75, 3.05) is 4.90 Å². The van der Waals surface area contributed by atoms with Crippen molar-refractivity contribution < 1.29 is 19.1 Å². The summed E-state index contributed by atoms with van der Waals surface area (Å²) in [4.78, 5) is 28.3. The molecule has 4 aromatic rings. The molecule has 0 radical (unpaired) electrons. The van der Waals surface area contributed by atoms with Gasteiger partial charge in [-0.3, -0.25) is 14.5 Å². The number of amides is 1. The van der Waals surface area contributed by atoms with Crippen LogP contribution in [0.2, 0.25) is 0 Å². The quantitative estimate of drug-likeness (QED) is 0.330. The molecular weight excluding hydrogens is 496 g/mol. The second-order valence-electron chi connectivity index (χ2n) is 7.98. The lowest BCUT2D eigenvalue weighted by atomic mass is 9.92. The van der Waals surface area contributed by atoms with Crippen molar-refractivity contribution in [1.29, 1.82) is 5.26 Å². The van der Waals surface area contributed by atoms with E-state index in [2.05, 4.69) is 15.9 Å². The van der Waals surface area contributed by atoms with Gasteiger partial charge in [-0.15, -0.1) is 0 Å². The summed E-state index contributed by atoms with van der Waals surface area (Å²) in [6.45, 7) is 1.88. The molecule has 1 aliphatic rings. The SMILES string of the molecule is Cc1ccccc1C1C(C(=O)c2cc3cc(Br)ccc3o2)=C(O)C(=O)N1c1ccc(C#N)cc1. The number of hydrogen-bond acceptors (Lipinski definition) is 5. The number of furan rings is 1. The van der Waals surface area contributed by atoms with Gasteiger partial charge < -0.3 is 9.52 Å². The molecule has 34 heavy (non-hydrogen) atoms. The highest BCUT2D eigenvalue weighted by Gasteiger charge is 2.45. The smallest absolute Gasteiger partial charge is 0.294 e. The number of ketones is 1. The number of hydrogen-bond donors (Lipinski definition) is 1. The summed E-state index contributed by atoms with van der Waals surface area (Å²) in [5.74, 6) is -1.85. The Balaban J connectivity index is 1.67. The predicted molar refractivity (Wildman–Crippen MR) is 130 cm³/mol.